The highest BCUT2D eigenvalue weighted by molar-refractivity contribution is 5.11. The van der Waals surface area contributed by atoms with Crippen molar-refractivity contribution in [3.8, 4) is 0 Å². The highest BCUT2D eigenvalue weighted by Crippen LogP contribution is 2.66. The molecule has 1 heterocycles. The molecule has 0 aromatic rings. The molecule has 2 N–H and O–H groups in total. The Hall–Kier alpha value is -0.0800. The molecular weight excluding hydrogens is 306 g/mol. The molecule has 0 bridgehead atoms. The fourth-order valence-corrected chi connectivity index (χ4v) is 7.89. The number of hydrogen-bond donors (Lipinski definition) is 2. The molecule has 0 spiro atoms. The number of nitrogens with one attached hydrogen (secondary N) is 1. The van der Waals surface area contributed by atoms with Crippen molar-refractivity contribution >= 4 is 0 Å². The third kappa shape index (κ3) is 2.90. The molecular formula is C23H43NO. The van der Waals surface area contributed by atoms with Crippen LogP contribution in [0.5, 0.6) is 0 Å². The first-order chi connectivity index (χ1) is 11.5. The van der Waals surface area contributed by atoms with Crippen molar-refractivity contribution in [2.24, 2.45) is 40.4 Å². The van der Waals surface area contributed by atoms with E-state index in [1.54, 1.807) is 0 Å². The first-order valence-corrected chi connectivity index (χ1v) is 10.9. The van der Waals surface area contributed by atoms with Crippen LogP contribution >= 0.6 is 0 Å². The summed E-state index contributed by atoms with van der Waals surface area (Å²) in [6.07, 6.45) is 12.1. The van der Waals surface area contributed by atoms with Gasteiger partial charge < -0.3 is 10.4 Å². The lowest BCUT2D eigenvalue weighted by Crippen LogP contribution is -2.60. The van der Waals surface area contributed by atoms with E-state index in [1.165, 1.54) is 57.9 Å². The Morgan fingerprint density at radius 2 is 1.80 bits per heavy atom. The summed E-state index contributed by atoms with van der Waals surface area (Å²) in [7, 11) is 0. The SMILES string of the molecule is C.CCCCC1CCC2C3C(O)CC4CNCCC4(C)C3CCC12C. The quantitative estimate of drug-likeness (QED) is 0.729. The molecule has 4 aliphatic rings. The summed E-state index contributed by atoms with van der Waals surface area (Å²) >= 11 is 0. The molecule has 4 rings (SSSR count). The van der Waals surface area contributed by atoms with Crippen molar-refractivity contribution in [2.45, 2.75) is 92.1 Å². The van der Waals surface area contributed by atoms with Crippen LogP contribution in [0.25, 0.3) is 0 Å². The molecule has 0 amide bonds. The van der Waals surface area contributed by atoms with Crippen LogP contribution in [0.3, 0.4) is 0 Å². The summed E-state index contributed by atoms with van der Waals surface area (Å²) in [6.45, 7) is 9.83. The lowest BCUT2D eigenvalue weighted by molar-refractivity contribution is -0.159. The van der Waals surface area contributed by atoms with Gasteiger partial charge in [-0.3, -0.25) is 0 Å². The van der Waals surface area contributed by atoms with Gasteiger partial charge in [0.05, 0.1) is 6.10 Å². The van der Waals surface area contributed by atoms with Gasteiger partial charge in [0.25, 0.3) is 0 Å². The van der Waals surface area contributed by atoms with E-state index in [0.29, 0.717) is 22.7 Å². The van der Waals surface area contributed by atoms with Gasteiger partial charge in [0.1, 0.15) is 0 Å². The van der Waals surface area contributed by atoms with E-state index < -0.39 is 0 Å². The van der Waals surface area contributed by atoms with Crippen molar-refractivity contribution < 1.29 is 5.11 Å². The summed E-state index contributed by atoms with van der Waals surface area (Å²) in [4.78, 5) is 0. The zero-order valence-electron chi connectivity index (χ0n) is 16.2. The molecule has 3 aliphatic carbocycles. The third-order valence-electron chi connectivity index (χ3n) is 9.42. The average Bonchev–Trinajstić information content (AvgIpc) is 2.90. The fourth-order valence-electron chi connectivity index (χ4n) is 7.89. The topological polar surface area (TPSA) is 32.3 Å². The van der Waals surface area contributed by atoms with E-state index in [4.69, 9.17) is 0 Å². The van der Waals surface area contributed by atoms with Gasteiger partial charge in [-0.1, -0.05) is 41.0 Å². The fraction of sp³-hybridized carbons (Fsp3) is 1.00. The molecule has 8 unspecified atom stereocenters. The van der Waals surface area contributed by atoms with Gasteiger partial charge in [-0.15, -0.1) is 0 Å². The molecule has 3 saturated carbocycles. The van der Waals surface area contributed by atoms with Gasteiger partial charge in [0.2, 0.25) is 0 Å². The number of unbranched alkanes of at least 4 members (excludes halogenated alkanes) is 1. The summed E-state index contributed by atoms with van der Waals surface area (Å²) in [5.74, 6) is 3.78. The van der Waals surface area contributed by atoms with Gasteiger partial charge in [-0.05, 0) is 98.5 Å². The van der Waals surface area contributed by atoms with Crippen LogP contribution in [0.15, 0.2) is 0 Å². The van der Waals surface area contributed by atoms with Crippen LogP contribution in [0.1, 0.15) is 86.0 Å². The molecule has 1 aliphatic heterocycles. The number of aliphatic hydroxyl groups excluding tert-OH is 1. The molecule has 2 heteroatoms. The van der Waals surface area contributed by atoms with Crippen molar-refractivity contribution in [1.29, 1.82) is 0 Å². The smallest absolute Gasteiger partial charge is 0.0577 e. The zero-order chi connectivity index (χ0) is 16.9. The average molecular weight is 350 g/mol. The van der Waals surface area contributed by atoms with Gasteiger partial charge in [0.15, 0.2) is 0 Å². The second kappa shape index (κ2) is 7.15. The van der Waals surface area contributed by atoms with Gasteiger partial charge >= 0.3 is 0 Å². The largest absolute Gasteiger partial charge is 0.393 e. The summed E-state index contributed by atoms with van der Waals surface area (Å²) in [5.41, 5.74) is 1.01. The summed E-state index contributed by atoms with van der Waals surface area (Å²) in [5, 5.41) is 14.8. The van der Waals surface area contributed by atoms with E-state index in [9.17, 15) is 5.11 Å². The van der Waals surface area contributed by atoms with Gasteiger partial charge in [-0.25, -0.2) is 0 Å². The maximum absolute atomic E-state index is 11.2. The van der Waals surface area contributed by atoms with E-state index >= 15 is 0 Å². The number of hydrogen-bond acceptors (Lipinski definition) is 2. The van der Waals surface area contributed by atoms with Crippen LogP contribution < -0.4 is 5.32 Å². The third-order valence-corrected chi connectivity index (χ3v) is 9.42. The first-order valence-electron chi connectivity index (χ1n) is 10.9. The minimum atomic E-state index is -0.0393. The molecule has 8 atom stereocenters. The van der Waals surface area contributed by atoms with Crippen LogP contribution in [-0.4, -0.2) is 24.3 Å². The first kappa shape index (κ1) is 19.7. The normalized spacial score (nSPS) is 51.8. The van der Waals surface area contributed by atoms with Crippen molar-refractivity contribution in [1.82, 2.24) is 5.32 Å². The van der Waals surface area contributed by atoms with Crippen molar-refractivity contribution in [2.75, 3.05) is 13.1 Å². The summed E-state index contributed by atoms with van der Waals surface area (Å²) < 4.78 is 0. The van der Waals surface area contributed by atoms with E-state index in [1.807, 2.05) is 0 Å². The Morgan fingerprint density at radius 1 is 1.04 bits per heavy atom. The second-order valence-corrected chi connectivity index (χ2v) is 10.2. The lowest BCUT2D eigenvalue weighted by atomic mass is 9.45. The maximum Gasteiger partial charge on any atom is 0.0577 e. The molecule has 146 valence electrons. The highest BCUT2D eigenvalue weighted by atomic mass is 16.3. The number of fused-ring (bicyclic) bond motifs is 5. The Kier molecular flexibility index (Phi) is 5.63. The monoisotopic (exact) mass is 349 g/mol. The predicted molar refractivity (Wildman–Crippen MR) is 106 cm³/mol. The molecule has 1 saturated heterocycles. The zero-order valence-corrected chi connectivity index (χ0v) is 16.2. The van der Waals surface area contributed by atoms with Crippen LogP contribution in [0, 0.1) is 40.4 Å². The van der Waals surface area contributed by atoms with Crippen LogP contribution in [0.4, 0.5) is 0 Å². The number of piperidine rings is 1. The van der Waals surface area contributed by atoms with Gasteiger partial charge in [-0.2, -0.15) is 0 Å². The molecule has 0 radical (unpaired) electrons. The highest BCUT2D eigenvalue weighted by Gasteiger charge is 2.61. The molecule has 2 nitrogen and oxygen atoms in total. The van der Waals surface area contributed by atoms with E-state index in [0.717, 1.165) is 30.7 Å². The van der Waals surface area contributed by atoms with E-state index in [2.05, 4.69) is 26.1 Å². The standard InChI is InChI=1S/C22H39NO.CH4/c1-4-5-6-15-7-8-17-20-18(9-10-21(15,17)2)22(3)11-12-23-14-16(22)13-19(20)24;/h15-20,23-24H,4-14H2,1-3H3;1H4. The Labute approximate surface area is 156 Å². The number of aliphatic hydroxyl groups is 1. The minimum absolute atomic E-state index is 0. The van der Waals surface area contributed by atoms with Crippen LogP contribution in [-0.2, 0) is 0 Å². The minimum Gasteiger partial charge on any atom is -0.393 e. The Morgan fingerprint density at radius 3 is 2.56 bits per heavy atom. The summed E-state index contributed by atoms with van der Waals surface area (Å²) in [6, 6.07) is 0. The molecule has 0 aromatic heterocycles. The number of rotatable bonds is 3. The predicted octanol–water partition coefficient (Wildman–Crippen LogP) is 5.25. The molecule has 0 aromatic carbocycles. The Bertz CT molecular complexity index is 465. The lowest BCUT2D eigenvalue weighted by Gasteiger charge is -2.62. The Balaban J connectivity index is 0.00000182. The second-order valence-electron chi connectivity index (χ2n) is 10.2. The maximum atomic E-state index is 11.2. The van der Waals surface area contributed by atoms with E-state index in [-0.39, 0.29) is 13.5 Å². The van der Waals surface area contributed by atoms with Crippen molar-refractivity contribution in [3.05, 3.63) is 0 Å². The molecule has 25 heavy (non-hydrogen) atoms. The van der Waals surface area contributed by atoms with Gasteiger partial charge in [0, 0.05) is 0 Å². The molecule has 4 fully saturated rings. The van der Waals surface area contributed by atoms with Crippen molar-refractivity contribution in [3.63, 3.8) is 0 Å². The van der Waals surface area contributed by atoms with Crippen LogP contribution in [0.2, 0.25) is 0 Å².